The van der Waals surface area contributed by atoms with E-state index in [1.807, 2.05) is 0 Å². The van der Waals surface area contributed by atoms with Crippen LogP contribution in [-0.2, 0) is 19.4 Å². The number of carbonyl (C=O) groups excluding carboxylic acids is 2. The van der Waals surface area contributed by atoms with Crippen molar-refractivity contribution in [1.82, 2.24) is 10.6 Å². The summed E-state index contributed by atoms with van der Waals surface area (Å²) < 4.78 is 31.5. The Hall–Kier alpha value is -2.32. The van der Waals surface area contributed by atoms with Gasteiger partial charge in [0.2, 0.25) is 0 Å². The number of halogens is 1. The third-order valence-electron chi connectivity index (χ3n) is 4.97. The Morgan fingerprint density at radius 3 is 2.38 bits per heavy atom. The zero-order chi connectivity index (χ0) is 20.9. The highest BCUT2D eigenvalue weighted by Gasteiger charge is 2.32. The fourth-order valence-electron chi connectivity index (χ4n) is 3.39. The molecule has 2 amide bonds. The molecular formula is C20H23ClN2O5S. The van der Waals surface area contributed by atoms with E-state index in [1.54, 1.807) is 6.07 Å². The molecule has 0 spiro atoms. The molecule has 1 aliphatic rings. The lowest BCUT2D eigenvalue weighted by molar-refractivity contribution is -0.139. The van der Waals surface area contributed by atoms with Gasteiger partial charge in [-0.3, -0.25) is 9.59 Å². The standard InChI is InChI=1S/C20H23ClN2O5S/c21-14-8-10-16(11-9-14)29(26,27)18(17-7-4-12-28-17)13-22-19(24)20(25)23-15-5-2-1-3-6-15/h4,7-12,15,18H,1-3,5-6,13H2,(H,22,24)(H,23,25). The van der Waals surface area contributed by atoms with Crippen LogP contribution in [0.2, 0.25) is 5.02 Å². The van der Waals surface area contributed by atoms with Gasteiger partial charge in [-0.15, -0.1) is 0 Å². The number of benzene rings is 1. The van der Waals surface area contributed by atoms with E-state index in [4.69, 9.17) is 16.0 Å². The Labute approximate surface area is 174 Å². The van der Waals surface area contributed by atoms with Crippen molar-refractivity contribution in [3.05, 3.63) is 53.4 Å². The van der Waals surface area contributed by atoms with Gasteiger partial charge in [0.05, 0.1) is 11.2 Å². The van der Waals surface area contributed by atoms with E-state index < -0.39 is 26.9 Å². The van der Waals surface area contributed by atoms with Gasteiger partial charge in [0.25, 0.3) is 0 Å². The van der Waals surface area contributed by atoms with E-state index in [2.05, 4.69) is 10.6 Å². The molecule has 7 nitrogen and oxygen atoms in total. The third-order valence-corrected chi connectivity index (χ3v) is 7.30. The lowest BCUT2D eigenvalue weighted by atomic mass is 9.95. The molecule has 9 heteroatoms. The number of hydrogen-bond donors (Lipinski definition) is 2. The van der Waals surface area contributed by atoms with Crippen molar-refractivity contribution in [2.45, 2.75) is 48.3 Å². The number of amides is 2. The van der Waals surface area contributed by atoms with Gasteiger partial charge in [0, 0.05) is 17.6 Å². The van der Waals surface area contributed by atoms with Crippen LogP contribution in [0.1, 0.15) is 43.1 Å². The van der Waals surface area contributed by atoms with E-state index in [1.165, 1.54) is 36.6 Å². The summed E-state index contributed by atoms with van der Waals surface area (Å²) in [6, 6.07) is 8.81. The van der Waals surface area contributed by atoms with Crippen molar-refractivity contribution >= 4 is 33.3 Å². The van der Waals surface area contributed by atoms with Crippen LogP contribution in [0, 0.1) is 0 Å². The monoisotopic (exact) mass is 438 g/mol. The number of nitrogens with one attached hydrogen (secondary N) is 2. The number of sulfone groups is 1. The number of rotatable bonds is 6. The van der Waals surface area contributed by atoms with E-state index in [0.717, 1.165) is 32.1 Å². The molecule has 1 aromatic heterocycles. The molecule has 0 aliphatic heterocycles. The van der Waals surface area contributed by atoms with Gasteiger partial charge in [0.15, 0.2) is 9.84 Å². The Balaban J connectivity index is 1.70. The second-order valence-electron chi connectivity index (χ2n) is 7.02. The first-order valence-corrected chi connectivity index (χ1v) is 11.4. The molecule has 0 radical (unpaired) electrons. The zero-order valence-electron chi connectivity index (χ0n) is 15.8. The number of furan rings is 1. The maximum atomic E-state index is 13.1. The Morgan fingerprint density at radius 2 is 1.76 bits per heavy atom. The molecule has 3 rings (SSSR count). The molecule has 156 valence electrons. The Kier molecular flexibility index (Phi) is 6.97. The van der Waals surface area contributed by atoms with Gasteiger partial charge in [-0.25, -0.2) is 8.42 Å². The summed E-state index contributed by atoms with van der Waals surface area (Å²) in [5.41, 5.74) is 0. The van der Waals surface area contributed by atoms with Gasteiger partial charge in [-0.05, 0) is 49.2 Å². The molecule has 1 saturated carbocycles. The lowest BCUT2D eigenvalue weighted by Crippen LogP contribution is -2.46. The Morgan fingerprint density at radius 1 is 1.07 bits per heavy atom. The van der Waals surface area contributed by atoms with E-state index >= 15 is 0 Å². The molecule has 29 heavy (non-hydrogen) atoms. The summed E-state index contributed by atoms with van der Waals surface area (Å²) in [6.07, 6.45) is 6.22. The quantitative estimate of drug-likeness (QED) is 0.674. The second-order valence-corrected chi connectivity index (χ2v) is 9.59. The highest BCUT2D eigenvalue weighted by Crippen LogP contribution is 2.29. The number of hydrogen-bond acceptors (Lipinski definition) is 5. The van der Waals surface area contributed by atoms with Crippen LogP contribution >= 0.6 is 11.6 Å². The predicted molar refractivity (Wildman–Crippen MR) is 108 cm³/mol. The van der Waals surface area contributed by atoms with E-state index in [9.17, 15) is 18.0 Å². The number of carbonyl (C=O) groups is 2. The molecule has 1 atom stereocenters. The van der Waals surface area contributed by atoms with E-state index in [-0.39, 0.29) is 23.2 Å². The third kappa shape index (κ3) is 5.39. The SMILES string of the molecule is O=C(NCC(c1ccco1)S(=O)(=O)c1ccc(Cl)cc1)C(=O)NC1CCCCC1. The summed E-state index contributed by atoms with van der Waals surface area (Å²) in [4.78, 5) is 24.4. The van der Waals surface area contributed by atoms with Crippen molar-refractivity contribution < 1.29 is 22.4 Å². The minimum atomic E-state index is -3.89. The van der Waals surface area contributed by atoms with Crippen molar-refractivity contribution in [2.75, 3.05) is 6.54 Å². The fourth-order valence-corrected chi connectivity index (χ4v) is 5.10. The predicted octanol–water partition coefficient (Wildman–Crippen LogP) is 3.01. The van der Waals surface area contributed by atoms with Crippen LogP contribution in [-0.4, -0.2) is 32.8 Å². The average Bonchev–Trinajstić information content (AvgIpc) is 3.23. The molecular weight excluding hydrogens is 416 g/mol. The Bertz CT molecular complexity index is 936. The molecule has 1 aromatic carbocycles. The zero-order valence-corrected chi connectivity index (χ0v) is 17.3. The van der Waals surface area contributed by atoms with E-state index in [0.29, 0.717) is 5.02 Å². The minimum Gasteiger partial charge on any atom is -0.468 e. The summed E-state index contributed by atoms with van der Waals surface area (Å²) in [5.74, 6) is -1.44. The van der Waals surface area contributed by atoms with Crippen LogP contribution < -0.4 is 10.6 Å². The van der Waals surface area contributed by atoms with Crippen LogP contribution in [0.4, 0.5) is 0 Å². The first-order chi connectivity index (χ1) is 13.9. The maximum Gasteiger partial charge on any atom is 0.309 e. The van der Waals surface area contributed by atoms with Gasteiger partial charge in [0.1, 0.15) is 11.0 Å². The second kappa shape index (κ2) is 9.45. The smallest absolute Gasteiger partial charge is 0.309 e. The average molecular weight is 439 g/mol. The van der Waals surface area contributed by atoms with Crippen molar-refractivity contribution in [3.8, 4) is 0 Å². The molecule has 0 bridgehead atoms. The molecule has 1 aliphatic carbocycles. The highest BCUT2D eigenvalue weighted by atomic mass is 35.5. The van der Waals surface area contributed by atoms with Crippen LogP contribution in [0.5, 0.6) is 0 Å². The molecule has 1 unspecified atom stereocenters. The first-order valence-electron chi connectivity index (χ1n) is 9.49. The highest BCUT2D eigenvalue weighted by molar-refractivity contribution is 7.91. The van der Waals surface area contributed by atoms with Crippen LogP contribution in [0.25, 0.3) is 0 Å². The van der Waals surface area contributed by atoms with Crippen LogP contribution in [0.3, 0.4) is 0 Å². The molecule has 2 N–H and O–H groups in total. The summed E-state index contributed by atoms with van der Waals surface area (Å²) in [7, 11) is -3.89. The van der Waals surface area contributed by atoms with Crippen molar-refractivity contribution in [1.29, 1.82) is 0 Å². The summed E-state index contributed by atoms with van der Waals surface area (Å²) in [5, 5.41) is 4.38. The molecule has 0 saturated heterocycles. The van der Waals surface area contributed by atoms with Crippen LogP contribution in [0.15, 0.2) is 52.0 Å². The van der Waals surface area contributed by atoms with Crippen molar-refractivity contribution in [3.63, 3.8) is 0 Å². The van der Waals surface area contributed by atoms with Crippen molar-refractivity contribution in [2.24, 2.45) is 0 Å². The largest absolute Gasteiger partial charge is 0.468 e. The van der Waals surface area contributed by atoms with Gasteiger partial charge in [-0.1, -0.05) is 30.9 Å². The lowest BCUT2D eigenvalue weighted by Gasteiger charge is -2.22. The summed E-state index contributed by atoms with van der Waals surface area (Å²) in [6.45, 7) is -0.296. The van der Waals surface area contributed by atoms with Gasteiger partial charge in [-0.2, -0.15) is 0 Å². The van der Waals surface area contributed by atoms with Gasteiger partial charge >= 0.3 is 11.8 Å². The maximum absolute atomic E-state index is 13.1. The fraction of sp³-hybridized carbons (Fsp3) is 0.400. The molecule has 2 aromatic rings. The minimum absolute atomic E-state index is 0.0133. The normalized spacial score (nSPS) is 16.2. The first kappa shape index (κ1) is 21.4. The summed E-state index contributed by atoms with van der Waals surface area (Å²) >= 11 is 5.84. The molecule has 1 fully saturated rings. The molecule has 1 heterocycles. The van der Waals surface area contributed by atoms with Gasteiger partial charge < -0.3 is 15.1 Å². The topological polar surface area (TPSA) is 105 Å².